The molecule has 0 fully saturated rings. The molecule has 0 radical (unpaired) electrons. The van der Waals surface area contributed by atoms with E-state index in [2.05, 4.69) is 47.0 Å². The van der Waals surface area contributed by atoms with Gasteiger partial charge in [-0.2, -0.15) is 0 Å². The number of hydrogen-bond acceptors (Lipinski definition) is 1. The Kier molecular flexibility index (Phi) is 5.96. The van der Waals surface area contributed by atoms with Crippen LogP contribution in [0, 0.1) is 0 Å². The van der Waals surface area contributed by atoms with Crippen molar-refractivity contribution in [3.63, 3.8) is 0 Å². The number of para-hydroxylation sites is 3. The second-order valence-corrected chi connectivity index (χ2v) is 20.5. The number of aromatic nitrogens is 2. The van der Waals surface area contributed by atoms with E-state index in [1.165, 1.54) is 0 Å². The summed E-state index contributed by atoms with van der Waals surface area (Å²) in [6, 6.07) is 44.5. The fourth-order valence-electron chi connectivity index (χ4n) is 9.75. The Morgan fingerprint density at radius 1 is 0.391 bits per heavy atom. The molecule has 0 spiro atoms. The quantitative estimate of drug-likeness (QED) is 0.112. The second kappa shape index (κ2) is 14.7. The van der Waals surface area contributed by atoms with Gasteiger partial charge in [0, 0.05) is 42.7 Å². The van der Waals surface area contributed by atoms with E-state index in [1.54, 1.807) is 72.0 Å². The molecule has 13 rings (SSSR count). The Labute approximate surface area is 394 Å². The second-order valence-electron chi connectivity index (χ2n) is 15.8. The van der Waals surface area contributed by atoms with Crippen LogP contribution in [0.2, 0.25) is 0 Å². The van der Waals surface area contributed by atoms with Crippen molar-refractivity contribution < 1.29 is 17.8 Å². The first-order chi connectivity index (χ1) is 37.2. The summed E-state index contributed by atoms with van der Waals surface area (Å²) >= 11 is 1.64. The van der Waals surface area contributed by atoms with Gasteiger partial charge in [0.2, 0.25) is 0 Å². The third-order valence-electron chi connectivity index (χ3n) is 12.5. The first-order valence-corrected chi connectivity index (χ1v) is 23.8. The molecule has 10 aromatic carbocycles. The Bertz CT molecular complexity index is 4510. The molecule has 3 heterocycles. The van der Waals surface area contributed by atoms with Crippen molar-refractivity contribution in [2.24, 2.45) is 0 Å². The van der Waals surface area contributed by atoms with Crippen LogP contribution in [0.15, 0.2) is 242 Å². The van der Waals surface area contributed by atoms with Crippen LogP contribution in [0.4, 0.5) is 0 Å². The number of fused-ring (bicyclic) bond motifs is 10. The molecule has 0 aliphatic carbocycles. The van der Waals surface area contributed by atoms with Crippen molar-refractivity contribution in [2.45, 2.75) is 0 Å². The van der Waals surface area contributed by atoms with E-state index in [0.717, 1.165) is 58.4 Å². The Balaban J connectivity index is 1.16. The van der Waals surface area contributed by atoms with E-state index in [1.807, 2.05) is 65.2 Å². The van der Waals surface area contributed by atoms with Gasteiger partial charge in [-0.3, -0.25) is 0 Å². The fourth-order valence-corrected chi connectivity index (χ4v) is 15.1. The van der Waals surface area contributed by atoms with E-state index in [9.17, 15) is 11.0 Å². The Morgan fingerprint density at radius 3 is 1.45 bits per heavy atom. The van der Waals surface area contributed by atoms with E-state index < -0.39 is 97.8 Å². The first-order valence-electron chi connectivity index (χ1n) is 27.5. The summed E-state index contributed by atoms with van der Waals surface area (Å²) in [7, 11) is -4.59. The maximum atomic E-state index is 10.4. The zero-order chi connectivity index (χ0) is 53.5. The molecule has 4 heteroatoms. The highest BCUT2D eigenvalue weighted by molar-refractivity contribution is 7.26. The fraction of sp³-hybridized carbons (Fsp3) is 0. The molecule has 0 N–H and O–H groups in total. The smallest absolute Gasteiger partial charge is 0.179 e. The highest BCUT2D eigenvalue weighted by Gasteiger charge is 2.41. The molecule has 300 valence electrons. The van der Waals surface area contributed by atoms with Gasteiger partial charge in [0.15, 0.2) is 8.07 Å². The average molecular weight is 862 g/mol. The van der Waals surface area contributed by atoms with Crippen molar-refractivity contribution in [2.75, 3.05) is 0 Å². The largest absolute Gasteiger partial charge is 0.309 e. The summed E-state index contributed by atoms with van der Waals surface area (Å²) in [4.78, 5) is 0. The monoisotopic (exact) mass is 861 g/mol. The molecular formula is C60H40N2SSi. The SMILES string of the molecule is [2H]c1c([2H])c([2H])c(-c2c([2H])c([2H])c([Si](c3ccccc3)(c3ccccc3)c3c([2H])c([2H])c(-n4c5ccccc5c5cc(-n6c7ccccc7c7ccccc76)c6sc7ccccc7c6c54)c([2H])c3[2H])c([2H])c2[2H])c([2H])c1[2H]. The molecule has 0 saturated carbocycles. The van der Waals surface area contributed by atoms with Crippen LogP contribution in [0.25, 0.3) is 86.3 Å². The number of benzene rings is 10. The van der Waals surface area contributed by atoms with Gasteiger partial charge >= 0.3 is 0 Å². The Morgan fingerprint density at radius 2 is 0.859 bits per heavy atom. The summed E-state index contributed by atoms with van der Waals surface area (Å²) in [6.07, 6.45) is 0. The van der Waals surface area contributed by atoms with Crippen LogP contribution >= 0.6 is 11.3 Å². The minimum absolute atomic E-state index is 0.0174. The van der Waals surface area contributed by atoms with Gasteiger partial charge in [0.05, 0.1) is 50.3 Å². The first kappa shape index (κ1) is 26.0. The molecule has 0 amide bonds. The van der Waals surface area contributed by atoms with Crippen LogP contribution < -0.4 is 20.7 Å². The van der Waals surface area contributed by atoms with Gasteiger partial charge < -0.3 is 9.13 Å². The highest BCUT2D eigenvalue weighted by Crippen LogP contribution is 2.47. The Hall–Kier alpha value is -7.76. The van der Waals surface area contributed by atoms with Crippen LogP contribution in [-0.4, -0.2) is 17.2 Å². The van der Waals surface area contributed by atoms with Gasteiger partial charge in [0.25, 0.3) is 0 Å². The van der Waals surface area contributed by atoms with Crippen molar-refractivity contribution >= 4 is 104 Å². The molecule has 0 unspecified atom stereocenters. The zero-order valence-electron chi connectivity index (χ0n) is 46.9. The lowest BCUT2D eigenvalue weighted by molar-refractivity contribution is 1.18. The van der Waals surface area contributed by atoms with E-state index in [0.29, 0.717) is 21.4 Å². The normalized spacial score (nSPS) is 14.9. The minimum atomic E-state index is -4.59. The summed E-state index contributed by atoms with van der Waals surface area (Å²) in [6.45, 7) is 0. The van der Waals surface area contributed by atoms with Crippen molar-refractivity contribution in [3.05, 3.63) is 242 Å². The lowest BCUT2D eigenvalue weighted by atomic mass is 10.1. The summed E-state index contributed by atoms with van der Waals surface area (Å²) < 4.78 is 129. The van der Waals surface area contributed by atoms with Crippen LogP contribution in [0.5, 0.6) is 0 Å². The van der Waals surface area contributed by atoms with Crippen molar-refractivity contribution in [3.8, 4) is 22.5 Å². The predicted molar refractivity (Wildman–Crippen MR) is 277 cm³/mol. The molecule has 0 atom stereocenters. The summed E-state index contributed by atoms with van der Waals surface area (Å²) in [5, 5.41) is 6.27. The van der Waals surface area contributed by atoms with Gasteiger partial charge in [-0.25, -0.2) is 0 Å². The van der Waals surface area contributed by atoms with Gasteiger partial charge in [0.1, 0.15) is 0 Å². The maximum Gasteiger partial charge on any atom is 0.179 e. The summed E-state index contributed by atoms with van der Waals surface area (Å²) in [5.41, 5.74) is 3.32. The molecule has 13 aromatic rings. The zero-order valence-corrected chi connectivity index (χ0v) is 35.7. The lowest BCUT2D eigenvalue weighted by Gasteiger charge is -2.34. The molecule has 0 bridgehead atoms. The topological polar surface area (TPSA) is 9.86 Å². The van der Waals surface area contributed by atoms with E-state index in [4.69, 9.17) is 6.85 Å². The highest BCUT2D eigenvalue weighted by atomic mass is 32.1. The van der Waals surface area contributed by atoms with Crippen molar-refractivity contribution in [1.29, 1.82) is 0 Å². The number of hydrogen-bond donors (Lipinski definition) is 0. The molecule has 2 nitrogen and oxygen atoms in total. The maximum absolute atomic E-state index is 10.4. The van der Waals surface area contributed by atoms with E-state index in [-0.39, 0.29) is 16.1 Å². The third kappa shape index (κ3) is 5.43. The van der Waals surface area contributed by atoms with Gasteiger partial charge in [-0.15, -0.1) is 11.3 Å². The number of rotatable bonds is 7. The van der Waals surface area contributed by atoms with Gasteiger partial charge in [-0.05, 0) is 74.3 Å². The van der Waals surface area contributed by atoms with Gasteiger partial charge in [-0.1, -0.05) is 200 Å². The molecular weight excluding hydrogens is 809 g/mol. The van der Waals surface area contributed by atoms with Crippen molar-refractivity contribution in [1.82, 2.24) is 9.13 Å². The number of nitrogens with zero attached hydrogens (tertiary/aromatic N) is 2. The molecule has 0 saturated heterocycles. The standard InChI is InChI=1S/C60H40N2SSi/c1-4-18-41(19-5-1)42-32-36-46(37-33-42)64(44-20-6-2-7-21-44,45-22-8-3-9-23-45)47-38-34-43(35-39-47)61-53-28-14-12-26-50(53)52-40-56(60-58(59(52)61)51-27-13-17-31-57(51)63-60)62-54-29-15-10-24-48(54)49-25-11-16-30-55(49)62/h1-40H/i1D,4D,5D,18D,19D,32D,33D,34D,35D,36D,37D,38D,39D. The molecule has 0 aliphatic heterocycles. The third-order valence-corrected chi connectivity index (χ3v) is 18.0. The summed E-state index contributed by atoms with van der Waals surface area (Å²) in [5.74, 6) is 0. The van der Waals surface area contributed by atoms with E-state index >= 15 is 0 Å². The van der Waals surface area contributed by atoms with Crippen LogP contribution in [-0.2, 0) is 0 Å². The average Bonchev–Trinajstić information content (AvgIpc) is 4.36. The number of thiophene rings is 1. The predicted octanol–water partition coefficient (Wildman–Crippen LogP) is 13.3. The molecule has 64 heavy (non-hydrogen) atoms. The molecule has 0 aliphatic rings. The minimum Gasteiger partial charge on any atom is -0.309 e. The molecule has 3 aromatic heterocycles. The van der Waals surface area contributed by atoms with Crippen LogP contribution in [0.3, 0.4) is 0 Å². The lowest BCUT2D eigenvalue weighted by Crippen LogP contribution is -2.74. The van der Waals surface area contributed by atoms with Crippen LogP contribution in [0.1, 0.15) is 17.8 Å².